The fourth-order valence-corrected chi connectivity index (χ4v) is 2.77. The molecule has 1 aliphatic carbocycles. The summed E-state index contributed by atoms with van der Waals surface area (Å²) in [6.07, 6.45) is 5.18. The number of aryl methyl sites for hydroxylation is 2. The highest BCUT2D eigenvalue weighted by Gasteiger charge is 2.27. The maximum atomic E-state index is 5.30. The molecule has 1 N–H and O–H groups in total. The molecule has 0 radical (unpaired) electrons. The number of benzene rings is 1. The normalized spacial score (nSPS) is 15.1. The SMILES string of the molecule is CCc1oncc1-c1cc(C)c2nc(C3CC3)[nH]c2c1. The standard InChI is InChI=1S/C16H17N3O/c1-3-14-12(8-17-20-14)11-6-9(2)15-13(7-11)18-16(19-15)10-4-5-10/h6-8,10H,3-5H2,1-2H3,(H,18,19). The molecular weight excluding hydrogens is 250 g/mol. The van der Waals surface area contributed by atoms with Crippen LogP contribution < -0.4 is 0 Å². The topological polar surface area (TPSA) is 54.7 Å². The van der Waals surface area contributed by atoms with E-state index in [9.17, 15) is 0 Å². The summed E-state index contributed by atoms with van der Waals surface area (Å²) in [6.45, 7) is 4.19. The molecule has 0 saturated heterocycles. The second-order valence-electron chi connectivity index (χ2n) is 5.60. The van der Waals surface area contributed by atoms with Crippen molar-refractivity contribution in [3.05, 3.63) is 35.5 Å². The smallest absolute Gasteiger partial charge is 0.144 e. The molecule has 0 amide bonds. The molecule has 0 aliphatic heterocycles. The lowest BCUT2D eigenvalue weighted by molar-refractivity contribution is 0.387. The predicted molar refractivity (Wildman–Crippen MR) is 77.7 cm³/mol. The van der Waals surface area contributed by atoms with Crippen LogP contribution in [-0.4, -0.2) is 15.1 Å². The van der Waals surface area contributed by atoms with Crippen molar-refractivity contribution in [2.75, 3.05) is 0 Å². The van der Waals surface area contributed by atoms with Crippen molar-refractivity contribution >= 4 is 11.0 Å². The van der Waals surface area contributed by atoms with Crippen molar-refractivity contribution in [3.8, 4) is 11.1 Å². The van der Waals surface area contributed by atoms with Gasteiger partial charge in [0.15, 0.2) is 0 Å². The molecule has 0 unspecified atom stereocenters. The third kappa shape index (κ3) is 1.75. The fourth-order valence-electron chi connectivity index (χ4n) is 2.77. The first kappa shape index (κ1) is 11.7. The maximum Gasteiger partial charge on any atom is 0.144 e. The van der Waals surface area contributed by atoms with Gasteiger partial charge < -0.3 is 9.51 Å². The lowest BCUT2D eigenvalue weighted by Crippen LogP contribution is -1.85. The third-order valence-electron chi connectivity index (χ3n) is 4.04. The van der Waals surface area contributed by atoms with Gasteiger partial charge in [0, 0.05) is 17.9 Å². The molecule has 0 bridgehead atoms. The highest BCUT2D eigenvalue weighted by Crippen LogP contribution is 2.39. The van der Waals surface area contributed by atoms with Gasteiger partial charge in [-0.05, 0) is 43.0 Å². The van der Waals surface area contributed by atoms with Crippen LogP contribution in [-0.2, 0) is 6.42 Å². The van der Waals surface area contributed by atoms with Gasteiger partial charge in [0.1, 0.15) is 11.6 Å². The van der Waals surface area contributed by atoms with Gasteiger partial charge in [0.25, 0.3) is 0 Å². The first-order valence-electron chi connectivity index (χ1n) is 7.20. The number of rotatable bonds is 3. The fraction of sp³-hybridized carbons (Fsp3) is 0.375. The zero-order chi connectivity index (χ0) is 13.7. The Morgan fingerprint density at radius 3 is 2.95 bits per heavy atom. The molecule has 4 rings (SSSR count). The number of nitrogens with zero attached hydrogens (tertiary/aromatic N) is 2. The number of aromatic nitrogens is 3. The van der Waals surface area contributed by atoms with Crippen LogP contribution in [0.4, 0.5) is 0 Å². The Balaban J connectivity index is 1.88. The summed E-state index contributed by atoms with van der Waals surface area (Å²) in [4.78, 5) is 8.22. The summed E-state index contributed by atoms with van der Waals surface area (Å²) >= 11 is 0. The highest BCUT2D eigenvalue weighted by atomic mass is 16.5. The molecule has 1 fully saturated rings. The van der Waals surface area contributed by atoms with Crippen LogP contribution in [0.25, 0.3) is 22.2 Å². The van der Waals surface area contributed by atoms with Gasteiger partial charge in [-0.2, -0.15) is 0 Å². The van der Waals surface area contributed by atoms with Gasteiger partial charge in [0.05, 0.1) is 17.2 Å². The Hall–Kier alpha value is -2.10. The molecule has 1 aromatic carbocycles. The number of hydrogen-bond acceptors (Lipinski definition) is 3. The zero-order valence-electron chi connectivity index (χ0n) is 11.7. The van der Waals surface area contributed by atoms with Gasteiger partial charge in [-0.1, -0.05) is 12.1 Å². The first-order chi connectivity index (χ1) is 9.76. The van der Waals surface area contributed by atoms with Crippen molar-refractivity contribution < 1.29 is 4.52 Å². The molecule has 0 spiro atoms. The number of imidazole rings is 1. The molecule has 102 valence electrons. The monoisotopic (exact) mass is 267 g/mol. The van der Waals surface area contributed by atoms with Crippen LogP contribution in [0.5, 0.6) is 0 Å². The highest BCUT2D eigenvalue weighted by molar-refractivity contribution is 5.85. The molecular formula is C16H17N3O. The minimum atomic E-state index is 0.645. The molecule has 2 aromatic heterocycles. The average Bonchev–Trinajstić information content (AvgIpc) is 3.03. The van der Waals surface area contributed by atoms with E-state index in [1.807, 2.05) is 0 Å². The van der Waals surface area contributed by atoms with Crippen LogP contribution >= 0.6 is 0 Å². The minimum Gasteiger partial charge on any atom is -0.361 e. The maximum absolute atomic E-state index is 5.30. The Bertz CT molecular complexity index is 780. The molecule has 3 aromatic rings. The van der Waals surface area contributed by atoms with E-state index in [-0.39, 0.29) is 0 Å². The summed E-state index contributed by atoms with van der Waals surface area (Å²) in [7, 11) is 0. The minimum absolute atomic E-state index is 0.645. The van der Waals surface area contributed by atoms with Gasteiger partial charge in [-0.15, -0.1) is 0 Å². The van der Waals surface area contributed by atoms with Crippen LogP contribution in [0, 0.1) is 6.92 Å². The van der Waals surface area contributed by atoms with Crippen LogP contribution in [0.2, 0.25) is 0 Å². The van der Waals surface area contributed by atoms with Crippen molar-refractivity contribution in [2.24, 2.45) is 0 Å². The van der Waals surface area contributed by atoms with Crippen LogP contribution in [0.1, 0.15) is 42.8 Å². The number of aromatic amines is 1. The predicted octanol–water partition coefficient (Wildman–Crippen LogP) is 3.97. The van der Waals surface area contributed by atoms with Gasteiger partial charge in [-0.25, -0.2) is 4.98 Å². The van der Waals surface area contributed by atoms with E-state index in [0.29, 0.717) is 5.92 Å². The zero-order valence-corrected chi connectivity index (χ0v) is 11.7. The summed E-state index contributed by atoms with van der Waals surface area (Å²) in [5, 5.41) is 3.92. The van der Waals surface area contributed by atoms with Crippen LogP contribution in [0.3, 0.4) is 0 Å². The third-order valence-corrected chi connectivity index (χ3v) is 4.04. The van der Waals surface area contributed by atoms with E-state index >= 15 is 0 Å². The Labute approximate surface area is 117 Å². The van der Waals surface area contributed by atoms with Gasteiger partial charge in [0.2, 0.25) is 0 Å². The molecule has 0 atom stereocenters. The number of hydrogen-bond donors (Lipinski definition) is 1. The van der Waals surface area contributed by atoms with Gasteiger partial charge >= 0.3 is 0 Å². The Morgan fingerprint density at radius 1 is 1.35 bits per heavy atom. The molecule has 1 saturated carbocycles. The molecule has 2 heterocycles. The summed E-state index contributed by atoms with van der Waals surface area (Å²) < 4.78 is 5.30. The number of nitrogens with one attached hydrogen (secondary N) is 1. The first-order valence-corrected chi connectivity index (χ1v) is 7.20. The van der Waals surface area contributed by atoms with E-state index < -0.39 is 0 Å². The van der Waals surface area contributed by atoms with E-state index in [1.54, 1.807) is 6.20 Å². The largest absolute Gasteiger partial charge is 0.361 e. The van der Waals surface area contributed by atoms with E-state index in [4.69, 9.17) is 9.51 Å². The molecule has 1 aliphatic rings. The van der Waals surface area contributed by atoms with Crippen molar-refractivity contribution in [2.45, 2.75) is 39.0 Å². The number of H-pyrrole nitrogens is 1. The van der Waals surface area contributed by atoms with E-state index in [1.165, 1.54) is 18.4 Å². The summed E-state index contributed by atoms with van der Waals surface area (Å²) in [6, 6.07) is 4.33. The Morgan fingerprint density at radius 2 is 2.20 bits per heavy atom. The second-order valence-corrected chi connectivity index (χ2v) is 5.60. The average molecular weight is 267 g/mol. The van der Waals surface area contributed by atoms with Gasteiger partial charge in [-0.3, -0.25) is 0 Å². The second kappa shape index (κ2) is 4.20. The molecule has 4 heteroatoms. The van der Waals surface area contributed by atoms with Crippen molar-refractivity contribution in [1.29, 1.82) is 0 Å². The quantitative estimate of drug-likeness (QED) is 0.781. The van der Waals surface area contributed by atoms with Crippen LogP contribution in [0.15, 0.2) is 22.9 Å². The summed E-state index contributed by atoms with van der Waals surface area (Å²) in [5.74, 6) is 2.72. The van der Waals surface area contributed by atoms with Crippen molar-refractivity contribution in [3.63, 3.8) is 0 Å². The molecule has 20 heavy (non-hydrogen) atoms. The lowest BCUT2D eigenvalue weighted by atomic mass is 10.0. The Kier molecular flexibility index (Phi) is 2.46. The molecule has 4 nitrogen and oxygen atoms in total. The van der Waals surface area contributed by atoms with E-state index in [2.05, 4.69) is 36.1 Å². The van der Waals surface area contributed by atoms with E-state index in [0.717, 1.165) is 40.2 Å². The summed E-state index contributed by atoms with van der Waals surface area (Å²) in [5.41, 5.74) is 5.64. The van der Waals surface area contributed by atoms with Crippen molar-refractivity contribution in [1.82, 2.24) is 15.1 Å². The lowest BCUT2D eigenvalue weighted by Gasteiger charge is -2.02. The number of fused-ring (bicyclic) bond motifs is 1.